The number of nitrogens with one attached hydrogen (secondary N) is 2. The van der Waals surface area contributed by atoms with E-state index in [2.05, 4.69) is 17.6 Å². The maximum Gasteiger partial charge on any atom is 0.222 e. The van der Waals surface area contributed by atoms with Crippen molar-refractivity contribution in [2.45, 2.75) is 50.7 Å². The fraction of sp³-hybridized carbons (Fsp3) is 0.929. The van der Waals surface area contributed by atoms with Gasteiger partial charge in [0.25, 0.3) is 0 Å². The van der Waals surface area contributed by atoms with E-state index in [4.69, 9.17) is 9.47 Å². The highest BCUT2D eigenvalue weighted by molar-refractivity contribution is 5.76. The third-order valence-electron chi connectivity index (χ3n) is 3.85. The minimum Gasteiger partial charge on any atom is -0.379 e. The van der Waals surface area contributed by atoms with Crippen LogP contribution in [0.2, 0.25) is 0 Å². The molecule has 2 heterocycles. The molecule has 0 aromatic heterocycles. The van der Waals surface area contributed by atoms with E-state index >= 15 is 0 Å². The standard InChI is InChI=1S/C14H26N2O3/c1-14(6-2-9-18-11-14)16-13(17)5-10-19-12-3-7-15-8-4-12/h12,15H,2-11H2,1H3,(H,16,17). The average molecular weight is 270 g/mol. The lowest BCUT2D eigenvalue weighted by Crippen LogP contribution is -2.51. The molecule has 1 unspecified atom stereocenters. The molecule has 0 spiro atoms. The van der Waals surface area contributed by atoms with Gasteiger partial charge in [0.2, 0.25) is 5.91 Å². The molecule has 110 valence electrons. The number of amides is 1. The second-order valence-corrected chi connectivity index (χ2v) is 5.84. The fourth-order valence-corrected chi connectivity index (χ4v) is 2.71. The molecular formula is C14H26N2O3. The van der Waals surface area contributed by atoms with Crippen LogP contribution in [0.25, 0.3) is 0 Å². The first-order chi connectivity index (χ1) is 9.18. The van der Waals surface area contributed by atoms with Gasteiger partial charge in [-0.15, -0.1) is 0 Å². The summed E-state index contributed by atoms with van der Waals surface area (Å²) in [7, 11) is 0. The topological polar surface area (TPSA) is 59.6 Å². The number of hydrogen-bond donors (Lipinski definition) is 2. The van der Waals surface area contributed by atoms with Gasteiger partial charge in [-0.05, 0) is 45.7 Å². The smallest absolute Gasteiger partial charge is 0.222 e. The molecular weight excluding hydrogens is 244 g/mol. The van der Waals surface area contributed by atoms with Crippen molar-refractivity contribution in [2.24, 2.45) is 0 Å². The normalized spacial score (nSPS) is 29.1. The Morgan fingerprint density at radius 3 is 2.95 bits per heavy atom. The number of hydrogen-bond acceptors (Lipinski definition) is 4. The molecule has 2 rings (SSSR count). The van der Waals surface area contributed by atoms with Gasteiger partial charge in [0.15, 0.2) is 0 Å². The fourth-order valence-electron chi connectivity index (χ4n) is 2.71. The molecule has 1 amide bonds. The Kier molecular flexibility index (Phi) is 5.60. The molecule has 0 aromatic carbocycles. The molecule has 19 heavy (non-hydrogen) atoms. The van der Waals surface area contributed by atoms with Crippen LogP contribution in [0.5, 0.6) is 0 Å². The van der Waals surface area contributed by atoms with Crippen LogP contribution in [-0.4, -0.2) is 50.5 Å². The predicted octanol–water partition coefficient (Wildman–Crippen LogP) is 0.830. The first-order valence-corrected chi connectivity index (χ1v) is 7.39. The molecule has 0 radical (unpaired) electrons. The molecule has 5 nitrogen and oxygen atoms in total. The summed E-state index contributed by atoms with van der Waals surface area (Å²) < 4.78 is 11.2. The van der Waals surface area contributed by atoms with Gasteiger partial charge in [-0.1, -0.05) is 0 Å². The van der Waals surface area contributed by atoms with Crippen LogP contribution in [0, 0.1) is 0 Å². The van der Waals surface area contributed by atoms with E-state index in [0.717, 1.165) is 45.4 Å². The van der Waals surface area contributed by atoms with E-state index in [1.807, 2.05) is 0 Å². The Hall–Kier alpha value is -0.650. The Bertz CT molecular complexity index is 284. The highest BCUT2D eigenvalue weighted by atomic mass is 16.5. The highest BCUT2D eigenvalue weighted by Gasteiger charge is 2.29. The van der Waals surface area contributed by atoms with Crippen molar-refractivity contribution in [3.05, 3.63) is 0 Å². The van der Waals surface area contributed by atoms with Crippen molar-refractivity contribution in [1.29, 1.82) is 0 Å². The first kappa shape index (κ1) is 14.8. The van der Waals surface area contributed by atoms with Gasteiger partial charge in [0, 0.05) is 13.0 Å². The van der Waals surface area contributed by atoms with E-state index in [1.165, 1.54) is 0 Å². The zero-order valence-electron chi connectivity index (χ0n) is 11.9. The second kappa shape index (κ2) is 7.22. The van der Waals surface area contributed by atoms with Gasteiger partial charge in [-0.25, -0.2) is 0 Å². The summed E-state index contributed by atoms with van der Waals surface area (Å²) in [4.78, 5) is 11.9. The van der Waals surface area contributed by atoms with Gasteiger partial charge >= 0.3 is 0 Å². The third-order valence-corrected chi connectivity index (χ3v) is 3.85. The molecule has 2 saturated heterocycles. The minimum atomic E-state index is -0.190. The zero-order valence-corrected chi connectivity index (χ0v) is 11.9. The molecule has 0 aliphatic carbocycles. The third kappa shape index (κ3) is 5.09. The van der Waals surface area contributed by atoms with E-state index in [-0.39, 0.29) is 11.4 Å². The lowest BCUT2D eigenvalue weighted by molar-refractivity contribution is -0.126. The Morgan fingerprint density at radius 2 is 2.26 bits per heavy atom. The molecule has 2 fully saturated rings. The van der Waals surface area contributed by atoms with Gasteiger partial charge in [0.05, 0.1) is 24.9 Å². The molecule has 2 N–H and O–H groups in total. The second-order valence-electron chi connectivity index (χ2n) is 5.84. The van der Waals surface area contributed by atoms with Crippen LogP contribution in [-0.2, 0) is 14.3 Å². The molecule has 5 heteroatoms. The van der Waals surface area contributed by atoms with Crippen LogP contribution in [0.1, 0.15) is 39.0 Å². The molecule has 1 atom stereocenters. The summed E-state index contributed by atoms with van der Waals surface area (Å²) in [5, 5.41) is 6.38. The number of ether oxygens (including phenoxy) is 2. The minimum absolute atomic E-state index is 0.0712. The summed E-state index contributed by atoms with van der Waals surface area (Å²) >= 11 is 0. The van der Waals surface area contributed by atoms with Crippen LogP contribution in [0.15, 0.2) is 0 Å². The SMILES string of the molecule is CC1(NC(=O)CCOC2CCNCC2)CCCOC1. The highest BCUT2D eigenvalue weighted by Crippen LogP contribution is 2.18. The number of rotatable bonds is 5. The van der Waals surface area contributed by atoms with Crippen LogP contribution in [0.4, 0.5) is 0 Å². The summed E-state index contributed by atoms with van der Waals surface area (Å²) in [6, 6.07) is 0. The summed E-state index contributed by atoms with van der Waals surface area (Å²) in [5.74, 6) is 0.0712. The molecule has 2 aliphatic rings. The van der Waals surface area contributed by atoms with Gasteiger partial charge in [-0.3, -0.25) is 4.79 Å². The largest absolute Gasteiger partial charge is 0.379 e. The maximum atomic E-state index is 11.9. The molecule has 2 aliphatic heterocycles. The maximum absolute atomic E-state index is 11.9. The van der Waals surface area contributed by atoms with Crippen molar-refractivity contribution in [2.75, 3.05) is 32.9 Å². The zero-order chi connectivity index (χ0) is 13.6. The lowest BCUT2D eigenvalue weighted by atomic mass is 9.95. The summed E-state index contributed by atoms with van der Waals surface area (Å²) in [6.07, 6.45) is 4.87. The van der Waals surface area contributed by atoms with Crippen LogP contribution >= 0.6 is 0 Å². The number of carbonyl (C=O) groups excluding carboxylic acids is 1. The Balaban J connectivity index is 1.61. The van der Waals surface area contributed by atoms with Gasteiger partial charge in [-0.2, -0.15) is 0 Å². The van der Waals surface area contributed by atoms with Crippen molar-refractivity contribution in [1.82, 2.24) is 10.6 Å². The average Bonchev–Trinajstić information content (AvgIpc) is 2.40. The quantitative estimate of drug-likeness (QED) is 0.777. The molecule has 0 bridgehead atoms. The van der Waals surface area contributed by atoms with E-state index in [9.17, 15) is 4.79 Å². The summed E-state index contributed by atoms with van der Waals surface area (Å²) in [6.45, 7) is 6.04. The lowest BCUT2D eigenvalue weighted by Gasteiger charge is -2.34. The Labute approximate surface area is 115 Å². The van der Waals surface area contributed by atoms with Crippen molar-refractivity contribution >= 4 is 5.91 Å². The van der Waals surface area contributed by atoms with E-state index < -0.39 is 0 Å². The van der Waals surface area contributed by atoms with Gasteiger partial charge in [0.1, 0.15) is 0 Å². The molecule has 0 aromatic rings. The Morgan fingerprint density at radius 1 is 1.47 bits per heavy atom. The van der Waals surface area contributed by atoms with Crippen LogP contribution < -0.4 is 10.6 Å². The van der Waals surface area contributed by atoms with Crippen molar-refractivity contribution < 1.29 is 14.3 Å². The molecule has 0 saturated carbocycles. The van der Waals surface area contributed by atoms with Crippen molar-refractivity contribution in [3.63, 3.8) is 0 Å². The predicted molar refractivity (Wildman–Crippen MR) is 73.1 cm³/mol. The van der Waals surface area contributed by atoms with Gasteiger partial charge < -0.3 is 20.1 Å². The summed E-state index contributed by atoms with van der Waals surface area (Å²) in [5.41, 5.74) is -0.190. The van der Waals surface area contributed by atoms with Crippen LogP contribution in [0.3, 0.4) is 0 Å². The van der Waals surface area contributed by atoms with E-state index in [0.29, 0.717) is 25.7 Å². The first-order valence-electron chi connectivity index (χ1n) is 7.39. The van der Waals surface area contributed by atoms with E-state index in [1.54, 1.807) is 0 Å². The monoisotopic (exact) mass is 270 g/mol. The number of piperidine rings is 1. The number of carbonyl (C=O) groups is 1. The van der Waals surface area contributed by atoms with Crippen molar-refractivity contribution in [3.8, 4) is 0 Å².